The number of hydrogen-bond acceptors (Lipinski definition) is 5. The highest BCUT2D eigenvalue weighted by molar-refractivity contribution is 7.10. The molecule has 1 aliphatic heterocycles. The number of rotatable bonds is 4. The molecule has 0 amide bonds. The first-order chi connectivity index (χ1) is 10.3. The van der Waals surface area contributed by atoms with Gasteiger partial charge < -0.3 is 15.4 Å². The molecule has 2 aromatic heterocycles. The Kier molecular flexibility index (Phi) is 3.22. The zero-order chi connectivity index (χ0) is 14.2. The molecule has 0 saturated heterocycles. The standard InChI is InChI=1S/C16H19N3OS/c17-13-3-4-15(18-16(13)20-10-11-1-2-11)19-7-5-14-12(9-19)6-8-21-14/h3-4,6,8,11H,1-2,5,7,9-10,17H2. The first-order valence-electron chi connectivity index (χ1n) is 7.49. The van der Waals surface area contributed by atoms with Gasteiger partial charge in [-0.05, 0) is 54.3 Å². The number of hydrogen-bond donors (Lipinski definition) is 1. The Morgan fingerprint density at radius 2 is 2.24 bits per heavy atom. The van der Waals surface area contributed by atoms with Crippen LogP contribution in [0, 0.1) is 5.92 Å². The average Bonchev–Trinajstić information content (AvgIpc) is 3.21. The Morgan fingerprint density at radius 1 is 1.33 bits per heavy atom. The molecule has 0 atom stereocenters. The molecule has 2 aliphatic rings. The maximum Gasteiger partial charge on any atom is 0.239 e. The van der Waals surface area contributed by atoms with Crippen LogP contribution in [-0.4, -0.2) is 18.1 Å². The summed E-state index contributed by atoms with van der Waals surface area (Å²) in [5.41, 5.74) is 8.03. The summed E-state index contributed by atoms with van der Waals surface area (Å²) in [5.74, 6) is 2.26. The van der Waals surface area contributed by atoms with Crippen molar-refractivity contribution in [1.29, 1.82) is 0 Å². The van der Waals surface area contributed by atoms with Crippen molar-refractivity contribution in [1.82, 2.24) is 4.98 Å². The summed E-state index contributed by atoms with van der Waals surface area (Å²) in [6.07, 6.45) is 3.64. The Balaban J connectivity index is 1.53. The molecule has 5 heteroatoms. The lowest BCUT2D eigenvalue weighted by Crippen LogP contribution is -2.30. The molecule has 4 rings (SSSR count). The quantitative estimate of drug-likeness (QED) is 0.943. The molecular weight excluding hydrogens is 282 g/mol. The minimum Gasteiger partial charge on any atom is -0.476 e. The SMILES string of the molecule is Nc1ccc(N2CCc3sccc3C2)nc1OCC1CC1. The number of nitrogens with zero attached hydrogens (tertiary/aromatic N) is 2. The first kappa shape index (κ1) is 13.0. The second-order valence-electron chi connectivity index (χ2n) is 5.86. The summed E-state index contributed by atoms with van der Waals surface area (Å²) in [6.45, 7) is 2.68. The van der Waals surface area contributed by atoms with Crippen molar-refractivity contribution >= 4 is 22.8 Å². The minimum absolute atomic E-state index is 0.593. The summed E-state index contributed by atoms with van der Waals surface area (Å²) in [7, 11) is 0. The highest BCUT2D eigenvalue weighted by Gasteiger charge is 2.23. The van der Waals surface area contributed by atoms with E-state index in [0.717, 1.165) is 31.9 Å². The number of aromatic nitrogens is 1. The fourth-order valence-corrected chi connectivity index (χ4v) is 3.55. The molecule has 4 nitrogen and oxygen atoms in total. The first-order valence-corrected chi connectivity index (χ1v) is 8.37. The smallest absolute Gasteiger partial charge is 0.239 e. The van der Waals surface area contributed by atoms with Crippen LogP contribution in [-0.2, 0) is 13.0 Å². The van der Waals surface area contributed by atoms with Crippen LogP contribution in [0.5, 0.6) is 5.88 Å². The maximum absolute atomic E-state index is 5.98. The Labute approximate surface area is 128 Å². The lowest BCUT2D eigenvalue weighted by atomic mass is 10.1. The monoisotopic (exact) mass is 301 g/mol. The van der Waals surface area contributed by atoms with Crippen molar-refractivity contribution in [2.45, 2.75) is 25.8 Å². The second kappa shape index (κ2) is 5.22. The van der Waals surface area contributed by atoms with E-state index >= 15 is 0 Å². The average molecular weight is 301 g/mol. The van der Waals surface area contributed by atoms with Gasteiger partial charge in [0.15, 0.2) is 0 Å². The van der Waals surface area contributed by atoms with Crippen LogP contribution >= 0.6 is 11.3 Å². The number of pyridine rings is 1. The number of thiophene rings is 1. The summed E-state index contributed by atoms with van der Waals surface area (Å²) in [5, 5.41) is 2.18. The largest absolute Gasteiger partial charge is 0.476 e. The molecule has 110 valence electrons. The van der Waals surface area contributed by atoms with E-state index in [1.54, 1.807) is 0 Å². The molecule has 0 unspecified atom stereocenters. The van der Waals surface area contributed by atoms with Gasteiger partial charge in [0.1, 0.15) is 5.82 Å². The molecule has 3 heterocycles. The van der Waals surface area contributed by atoms with Crippen LogP contribution in [0.2, 0.25) is 0 Å². The van der Waals surface area contributed by atoms with E-state index in [2.05, 4.69) is 21.3 Å². The van der Waals surface area contributed by atoms with E-state index in [1.165, 1.54) is 23.3 Å². The van der Waals surface area contributed by atoms with Crippen molar-refractivity contribution < 1.29 is 4.74 Å². The van der Waals surface area contributed by atoms with Crippen molar-refractivity contribution in [3.05, 3.63) is 34.0 Å². The van der Waals surface area contributed by atoms with Gasteiger partial charge in [-0.3, -0.25) is 0 Å². The van der Waals surface area contributed by atoms with Crippen molar-refractivity contribution in [2.24, 2.45) is 5.92 Å². The van der Waals surface area contributed by atoms with E-state index in [4.69, 9.17) is 10.5 Å². The van der Waals surface area contributed by atoms with E-state index in [9.17, 15) is 0 Å². The summed E-state index contributed by atoms with van der Waals surface area (Å²) in [4.78, 5) is 8.45. The fraction of sp³-hybridized carbons (Fsp3) is 0.438. The van der Waals surface area contributed by atoms with Gasteiger partial charge in [-0.1, -0.05) is 0 Å². The lowest BCUT2D eigenvalue weighted by Gasteiger charge is -2.28. The third kappa shape index (κ3) is 2.70. The van der Waals surface area contributed by atoms with Gasteiger partial charge >= 0.3 is 0 Å². The highest BCUT2D eigenvalue weighted by atomic mass is 32.1. The second-order valence-corrected chi connectivity index (χ2v) is 6.86. The normalized spacial score (nSPS) is 17.6. The Hall–Kier alpha value is -1.75. The fourth-order valence-electron chi connectivity index (χ4n) is 2.66. The van der Waals surface area contributed by atoms with Gasteiger partial charge in [0.25, 0.3) is 0 Å². The van der Waals surface area contributed by atoms with E-state index < -0.39 is 0 Å². The van der Waals surface area contributed by atoms with Crippen molar-refractivity contribution in [3.63, 3.8) is 0 Å². The lowest BCUT2D eigenvalue weighted by molar-refractivity contribution is 0.290. The van der Waals surface area contributed by atoms with E-state index in [0.29, 0.717) is 17.5 Å². The summed E-state index contributed by atoms with van der Waals surface area (Å²) < 4.78 is 5.79. The number of nitrogen functional groups attached to an aromatic ring is 1. The molecule has 21 heavy (non-hydrogen) atoms. The summed E-state index contributed by atoms with van der Waals surface area (Å²) >= 11 is 1.85. The molecule has 0 spiro atoms. The molecule has 0 bridgehead atoms. The Bertz CT molecular complexity index is 651. The molecule has 2 aromatic rings. The predicted octanol–water partition coefficient (Wildman–Crippen LogP) is 3.08. The summed E-state index contributed by atoms with van der Waals surface area (Å²) in [6, 6.07) is 6.12. The van der Waals surface area contributed by atoms with Crippen LogP contribution in [0.4, 0.5) is 11.5 Å². The maximum atomic E-state index is 5.98. The van der Waals surface area contributed by atoms with Crippen LogP contribution < -0.4 is 15.4 Å². The molecule has 0 aromatic carbocycles. The highest BCUT2D eigenvalue weighted by Crippen LogP contribution is 2.32. The molecule has 2 N–H and O–H groups in total. The zero-order valence-electron chi connectivity index (χ0n) is 11.9. The zero-order valence-corrected chi connectivity index (χ0v) is 12.7. The van der Waals surface area contributed by atoms with E-state index in [-0.39, 0.29) is 0 Å². The van der Waals surface area contributed by atoms with Crippen LogP contribution in [0.3, 0.4) is 0 Å². The van der Waals surface area contributed by atoms with Gasteiger partial charge in [-0.25, -0.2) is 0 Å². The molecule has 0 radical (unpaired) electrons. The van der Waals surface area contributed by atoms with Gasteiger partial charge in [-0.2, -0.15) is 4.98 Å². The third-order valence-corrected chi connectivity index (χ3v) is 5.18. The number of fused-ring (bicyclic) bond motifs is 1. The topological polar surface area (TPSA) is 51.4 Å². The predicted molar refractivity (Wildman–Crippen MR) is 85.9 cm³/mol. The molecule has 1 saturated carbocycles. The van der Waals surface area contributed by atoms with E-state index in [1.807, 2.05) is 23.5 Å². The molecular formula is C16H19N3OS. The number of ether oxygens (including phenoxy) is 1. The molecule has 1 fully saturated rings. The van der Waals surface area contributed by atoms with Gasteiger partial charge in [0.05, 0.1) is 12.3 Å². The van der Waals surface area contributed by atoms with Gasteiger partial charge in [-0.15, -0.1) is 11.3 Å². The number of anilines is 2. The minimum atomic E-state index is 0.593. The van der Waals surface area contributed by atoms with Gasteiger partial charge in [0, 0.05) is 18.0 Å². The van der Waals surface area contributed by atoms with Crippen molar-refractivity contribution in [3.8, 4) is 5.88 Å². The van der Waals surface area contributed by atoms with Crippen LogP contribution in [0.25, 0.3) is 0 Å². The van der Waals surface area contributed by atoms with Crippen LogP contribution in [0.1, 0.15) is 23.3 Å². The third-order valence-electron chi connectivity index (χ3n) is 4.16. The number of nitrogens with two attached hydrogens (primary N) is 1. The molecule has 1 aliphatic carbocycles. The Morgan fingerprint density at radius 3 is 3.10 bits per heavy atom. The van der Waals surface area contributed by atoms with Gasteiger partial charge in [0.2, 0.25) is 5.88 Å². The van der Waals surface area contributed by atoms with Crippen molar-refractivity contribution in [2.75, 3.05) is 23.8 Å². The van der Waals surface area contributed by atoms with Crippen LogP contribution in [0.15, 0.2) is 23.6 Å².